The minimum absolute atomic E-state index is 0.199. The SMILES string of the molecule is CC(=O)Nc1nc(C(=O)N(C)Cc2ccc([C@@H]3C[C@H]3C)o2)cs1. The lowest BCUT2D eigenvalue weighted by Gasteiger charge is -2.14. The number of nitrogens with one attached hydrogen (secondary N) is 1. The highest BCUT2D eigenvalue weighted by atomic mass is 32.1. The third-order valence-corrected chi connectivity index (χ3v) is 4.66. The van der Waals surface area contributed by atoms with Gasteiger partial charge < -0.3 is 14.6 Å². The Balaban J connectivity index is 1.61. The Bertz CT molecular complexity index is 737. The molecule has 0 aliphatic heterocycles. The van der Waals surface area contributed by atoms with Gasteiger partial charge in [0.05, 0.1) is 6.54 Å². The molecule has 0 spiro atoms. The van der Waals surface area contributed by atoms with Crippen LogP contribution in [0, 0.1) is 5.92 Å². The maximum Gasteiger partial charge on any atom is 0.273 e. The maximum absolute atomic E-state index is 12.4. The van der Waals surface area contributed by atoms with Crippen molar-refractivity contribution in [2.75, 3.05) is 12.4 Å². The third-order valence-electron chi connectivity index (χ3n) is 3.90. The van der Waals surface area contributed by atoms with Gasteiger partial charge in [-0.15, -0.1) is 11.3 Å². The first-order chi connectivity index (χ1) is 10.9. The Hall–Kier alpha value is -2.15. The number of hydrogen-bond acceptors (Lipinski definition) is 5. The number of nitrogens with zero attached hydrogens (tertiary/aromatic N) is 2. The van der Waals surface area contributed by atoms with E-state index in [0.29, 0.717) is 29.2 Å². The molecule has 7 heteroatoms. The van der Waals surface area contributed by atoms with Gasteiger partial charge in [0.1, 0.15) is 17.2 Å². The Kier molecular flexibility index (Phi) is 4.21. The molecule has 23 heavy (non-hydrogen) atoms. The van der Waals surface area contributed by atoms with E-state index >= 15 is 0 Å². The number of thiazole rings is 1. The van der Waals surface area contributed by atoms with Crippen molar-refractivity contribution in [1.82, 2.24) is 9.88 Å². The van der Waals surface area contributed by atoms with Crippen LogP contribution in [-0.2, 0) is 11.3 Å². The smallest absolute Gasteiger partial charge is 0.273 e. The predicted molar refractivity (Wildman–Crippen MR) is 87.4 cm³/mol. The van der Waals surface area contributed by atoms with Crippen LogP contribution in [0.4, 0.5) is 5.13 Å². The molecule has 1 N–H and O–H groups in total. The average Bonchev–Trinajstić information content (AvgIpc) is 2.91. The van der Waals surface area contributed by atoms with E-state index in [1.165, 1.54) is 24.7 Å². The molecule has 122 valence electrons. The first-order valence-electron chi connectivity index (χ1n) is 7.51. The Morgan fingerprint density at radius 3 is 2.87 bits per heavy atom. The zero-order chi connectivity index (χ0) is 16.6. The van der Waals surface area contributed by atoms with Gasteiger partial charge in [-0.2, -0.15) is 0 Å². The van der Waals surface area contributed by atoms with Crippen LogP contribution >= 0.6 is 11.3 Å². The molecule has 0 unspecified atom stereocenters. The fraction of sp³-hybridized carbons (Fsp3) is 0.438. The van der Waals surface area contributed by atoms with Gasteiger partial charge in [0, 0.05) is 25.3 Å². The fourth-order valence-corrected chi connectivity index (χ4v) is 3.21. The Morgan fingerprint density at radius 2 is 2.22 bits per heavy atom. The molecule has 1 aliphatic carbocycles. The molecular formula is C16H19N3O3S. The Morgan fingerprint density at radius 1 is 1.48 bits per heavy atom. The van der Waals surface area contributed by atoms with Crippen molar-refractivity contribution in [1.29, 1.82) is 0 Å². The van der Waals surface area contributed by atoms with Gasteiger partial charge >= 0.3 is 0 Å². The van der Waals surface area contributed by atoms with Crippen molar-refractivity contribution in [3.05, 3.63) is 34.7 Å². The molecule has 3 rings (SSSR count). The lowest BCUT2D eigenvalue weighted by Crippen LogP contribution is -2.26. The van der Waals surface area contributed by atoms with Crippen molar-refractivity contribution in [2.45, 2.75) is 32.7 Å². The Labute approximate surface area is 138 Å². The molecule has 6 nitrogen and oxygen atoms in total. The number of carbonyl (C=O) groups excluding carboxylic acids is 2. The van der Waals surface area contributed by atoms with Crippen LogP contribution in [0.25, 0.3) is 0 Å². The summed E-state index contributed by atoms with van der Waals surface area (Å²) in [5.74, 6) is 2.60. The summed E-state index contributed by atoms with van der Waals surface area (Å²) in [5, 5.41) is 4.65. The van der Waals surface area contributed by atoms with E-state index in [9.17, 15) is 9.59 Å². The minimum atomic E-state index is -0.205. The molecule has 1 fully saturated rings. The van der Waals surface area contributed by atoms with Crippen LogP contribution in [0.15, 0.2) is 21.9 Å². The normalized spacial score (nSPS) is 19.4. The second-order valence-corrected chi connectivity index (χ2v) is 6.86. The molecule has 2 aromatic heterocycles. The number of carbonyl (C=O) groups is 2. The van der Waals surface area contributed by atoms with Gasteiger partial charge in [0.2, 0.25) is 5.91 Å². The first kappa shape index (κ1) is 15.7. The topological polar surface area (TPSA) is 75.4 Å². The largest absolute Gasteiger partial charge is 0.464 e. The average molecular weight is 333 g/mol. The highest BCUT2D eigenvalue weighted by Gasteiger charge is 2.36. The van der Waals surface area contributed by atoms with Crippen molar-refractivity contribution < 1.29 is 14.0 Å². The molecule has 1 aliphatic rings. The van der Waals surface area contributed by atoms with Crippen LogP contribution < -0.4 is 5.32 Å². The first-order valence-corrected chi connectivity index (χ1v) is 8.39. The quantitative estimate of drug-likeness (QED) is 0.912. The number of anilines is 1. The van der Waals surface area contributed by atoms with Crippen LogP contribution in [0.2, 0.25) is 0 Å². The molecule has 1 saturated carbocycles. The van der Waals surface area contributed by atoms with E-state index in [1.54, 1.807) is 17.3 Å². The van der Waals surface area contributed by atoms with E-state index in [1.807, 2.05) is 12.1 Å². The van der Waals surface area contributed by atoms with Crippen LogP contribution in [-0.4, -0.2) is 28.7 Å². The van der Waals surface area contributed by atoms with Gasteiger partial charge in [-0.25, -0.2) is 4.98 Å². The predicted octanol–water partition coefficient (Wildman–Crippen LogP) is 3.09. The summed E-state index contributed by atoms with van der Waals surface area (Å²) < 4.78 is 5.82. The summed E-state index contributed by atoms with van der Waals surface area (Å²) in [4.78, 5) is 29.1. The standard InChI is InChI=1S/C16H19N3O3S/c1-9-6-12(9)14-5-4-11(22-14)7-19(3)15(21)13-8-23-16(18-13)17-10(2)20/h4-5,8-9,12H,6-7H2,1-3H3,(H,17,18,20)/t9-,12-/m1/s1. The number of furan rings is 1. The van der Waals surface area contributed by atoms with E-state index in [2.05, 4.69) is 17.2 Å². The highest BCUT2D eigenvalue weighted by Crippen LogP contribution is 2.47. The monoisotopic (exact) mass is 333 g/mol. The highest BCUT2D eigenvalue weighted by molar-refractivity contribution is 7.14. The van der Waals surface area contributed by atoms with Gasteiger partial charge in [0.15, 0.2) is 5.13 Å². The van der Waals surface area contributed by atoms with Crippen molar-refractivity contribution >= 4 is 28.3 Å². The molecule has 0 aromatic carbocycles. The molecular weight excluding hydrogens is 314 g/mol. The lowest BCUT2D eigenvalue weighted by molar-refractivity contribution is -0.114. The van der Waals surface area contributed by atoms with E-state index in [0.717, 1.165) is 11.5 Å². The van der Waals surface area contributed by atoms with Gasteiger partial charge in [-0.3, -0.25) is 9.59 Å². The maximum atomic E-state index is 12.4. The number of rotatable bonds is 5. The number of amides is 2. The van der Waals surface area contributed by atoms with Crippen molar-refractivity contribution in [2.24, 2.45) is 5.92 Å². The minimum Gasteiger partial charge on any atom is -0.464 e. The van der Waals surface area contributed by atoms with E-state index in [4.69, 9.17) is 4.42 Å². The summed E-state index contributed by atoms with van der Waals surface area (Å²) >= 11 is 1.23. The zero-order valence-corrected chi connectivity index (χ0v) is 14.1. The van der Waals surface area contributed by atoms with Gasteiger partial charge in [-0.1, -0.05) is 6.92 Å². The fourth-order valence-electron chi connectivity index (χ4n) is 2.48. The van der Waals surface area contributed by atoms with Gasteiger partial charge in [0.25, 0.3) is 5.91 Å². The molecule has 2 heterocycles. The summed E-state index contributed by atoms with van der Waals surface area (Å²) in [6, 6.07) is 3.92. The molecule has 2 amide bonds. The third kappa shape index (κ3) is 3.61. The molecule has 0 bridgehead atoms. The van der Waals surface area contributed by atoms with Crippen molar-refractivity contribution in [3.63, 3.8) is 0 Å². The number of hydrogen-bond donors (Lipinski definition) is 1. The van der Waals surface area contributed by atoms with E-state index in [-0.39, 0.29) is 11.8 Å². The van der Waals surface area contributed by atoms with Gasteiger partial charge in [-0.05, 0) is 24.5 Å². The number of aromatic nitrogens is 1. The van der Waals surface area contributed by atoms with Crippen LogP contribution in [0.5, 0.6) is 0 Å². The second kappa shape index (κ2) is 6.16. The summed E-state index contributed by atoms with van der Waals surface area (Å²) in [6.07, 6.45) is 1.17. The lowest BCUT2D eigenvalue weighted by atomic mass is 10.3. The van der Waals surface area contributed by atoms with Crippen LogP contribution in [0.1, 0.15) is 48.2 Å². The summed E-state index contributed by atoms with van der Waals surface area (Å²) in [7, 11) is 1.71. The zero-order valence-electron chi connectivity index (χ0n) is 13.3. The molecule has 2 aromatic rings. The van der Waals surface area contributed by atoms with E-state index < -0.39 is 0 Å². The second-order valence-electron chi connectivity index (χ2n) is 6.00. The molecule has 2 atom stereocenters. The van der Waals surface area contributed by atoms with Crippen molar-refractivity contribution in [3.8, 4) is 0 Å². The summed E-state index contributed by atoms with van der Waals surface area (Å²) in [6.45, 7) is 4.01. The molecule has 0 radical (unpaired) electrons. The molecule has 0 saturated heterocycles. The summed E-state index contributed by atoms with van der Waals surface area (Å²) in [5.41, 5.74) is 0.323. The van der Waals surface area contributed by atoms with Crippen LogP contribution in [0.3, 0.4) is 0 Å².